The smallest absolute Gasteiger partial charge is 0.318 e. The Morgan fingerprint density at radius 1 is 0.593 bits per heavy atom. The Morgan fingerprint density at radius 3 is 1.44 bits per heavy atom. The van der Waals surface area contributed by atoms with Crippen LogP contribution in [0.2, 0.25) is 0 Å². The lowest BCUT2D eigenvalue weighted by Crippen LogP contribution is -2.58. The van der Waals surface area contributed by atoms with E-state index in [9.17, 15) is 24.3 Å². The normalized spacial score (nSPS) is 14.6. The van der Waals surface area contributed by atoms with Gasteiger partial charge in [0.15, 0.2) is 0 Å². The van der Waals surface area contributed by atoms with Crippen LogP contribution in [-0.4, -0.2) is 93.1 Å². The highest BCUT2D eigenvalue weighted by atomic mass is 16.3. The van der Waals surface area contributed by atoms with Crippen LogP contribution < -0.4 is 21.3 Å². The second-order valence-electron chi connectivity index (χ2n) is 15.5. The van der Waals surface area contributed by atoms with Crippen molar-refractivity contribution in [3.63, 3.8) is 0 Å². The number of rotatable bonds is 21. The van der Waals surface area contributed by atoms with Gasteiger partial charge in [-0.2, -0.15) is 0 Å². The molecule has 0 fully saturated rings. The number of pyridine rings is 2. The molecule has 6 amide bonds. The minimum atomic E-state index is -1.12. The van der Waals surface area contributed by atoms with Crippen molar-refractivity contribution in [2.45, 2.75) is 103 Å². The van der Waals surface area contributed by atoms with E-state index in [1.54, 1.807) is 32.6 Å². The van der Waals surface area contributed by atoms with Crippen LogP contribution >= 0.6 is 0 Å². The summed E-state index contributed by atoms with van der Waals surface area (Å²) in [5, 5.41) is 24.2. The van der Waals surface area contributed by atoms with Crippen LogP contribution in [0.3, 0.4) is 0 Å². The standard InChI is InChI=1S/C46H62N8O5/c1-7-32(3)41(51-45(58)53(5)30-36-23-15-17-25-47-36)43(56)49-38(27-34-19-11-9-12-20-34)29-40(55)39(28-35-21-13-10-14-22-35)50-44(57)42(33(4)8-2)52-46(59)54(6)31-37-24-16-18-26-48-37/h9-26,32-33,38-42,55H,7-8,27-31H2,1-6H3,(H,49,56)(H,50,57)(H,51,58)(H,52,59)/t32-,33-,38-,39-,40-,41-,42-/m0/s1. The maximum Gasteiger partial charge on any atom is 0.318 e. The summed E-state index contributed by atoms with van der Waals surface area (Å²) in [7, 11) is 3.31. The van der Waals surface area contributed by atoms with E-state index in [2.05, 4.69) is 31.2 Å². The number of carbonyl (C=O) groups excluding carboxylic acids is 4. The molecule has 0 aliphatic carbocycles. The molecule has 0 saturated heterocycles. The van der Waals surface area contributed by atoms with Crippen LogP contribution in [0, 0.1) is 11.8 Å². The van der Waals surface area contributed by atoms with E-state index < -0.39 is 48.2 Å². The number of aliphatic hydroxyl groups excluding tert-OH is 1. The monoisotopic (exact) mass is 806 g/mol. The van der Waals surface area contributed by atoms with Gasteiger partial charge < -0.3 is 36.2 Å². The number of urea groups is 2. The average molecular weight is 807 g/mol. The van der Waals surface area contributed by atoms with Crippen LogP contribution in [-0.2, 0) is 35.5 Å². The molecule has 316 valence electrons. The van der Waals surface area contributed by atoms with E-state index >= 15 is 0 Å². The van der Waals surface area contributed by atoms with E-state index in [0.717, 1.165) is 16.8 Å². The maximum absolute atomic E-state index is 14.2. The molecular formula is C46H62N8O5. The van der Waals surface area contributed by atoms with Crippen LogP contribution in [0.4, 0.5) is 9.59 Å². The summed E-state index contributed by atoms with van der Waals surface area (Å²) in [6, 6.07) is 26.3. The Kier molecular flexibility index (Phi) is 18.3. The number of nitrogens with zero attached hydrogens (tertiary/aromatic N) is 4. The fraction of sp³-hybridized carbons (Fsp3) is 0.435. The van der Waals surface area contributed by atoms with E-state index in [4.69, 9.17) is 0 Å². The summed E-state index contributed by atoms with van der Waals surface area (Å²) < 4.78 is 0. The molecule has 0 radical (unpaired) electrons. The fourth-order valence-corrected chi connectivity index (χ4v) is 6.77. The minimum absolute atomic E-state index is 0.0896. The number of hydrogen-bond acceptors (Lipinski definition) is 7. The molecule has 0 aliphatic heterocycles. The summed E-state index contributed by atoms with van der Waals surface area (Å²) in [4.78, 5) is 66.8. The number of aliphatic hydroxyl groups is 1. The molecular weight excluding hydrogens is 745 g/mol. The zero-order valence-corrected chi connectivity index (χ0v) is 35.3. The van der Waals surface area contributed by atoms with E-state index in [1.807, 2.05) is 119 Å². The summed E-state index contributed by atoms with van der Waals surface area (Å²) in [5.41, 5.74) is 3.27. The number of carbonyl (C=O) groups is 4. The third-order valence-electron chi connectivity index (χ3n) is 10.8. The van der Waals surface area contributed by atoms with Crippen LogP contribution in [0.15, 0.2) is 109 Å². The van der Waals surface area contributed by atoms with Crippen molar-refractivity contribution >= 4 is 23.9 Å². The summed E-state index contributed by atoms with van der Waals surface area (Å²) in [6.07, 6.45) is 4.25. The Labute approximate surface area is 349 Å². The first kappa shape index (κ1) is 45.9. The van der Waals surface area contributed by atoms with Gasteiger partial charge in [0.1, 0.15) is 12.1 Å². The molecule has 0 unspecified atom stereocenters. The van der Waals surface area contributed by atoms with Crippen molar-refractivity contribution in [1.29, 1.82) is 0 Å². The lowest BCUT2D eigenvalue weighted by atomic mass is 9.91. The second-order valence-corrected chi connectivity index (χ2v) is 15.5. The Hall–Kier alpha value is -5.82. The Morgan fingerprint density at radius 2 is 1.02 bits per heavy atom. The van der Waals surface area contributed by atoms with Gasteiger partial charge in [0.2, 0.25) is 11.8 Å². The Bertz CT molecular complexity index is 1870. The predicted molar refractivity (Wildman–Crippen MR) is 230 cm³/mol. The highest BCUT2D eigenvalue weighted by Crippen LogP contribution is 2.18. The highest BCUT2D eigenvalue weighted by molar-refractivity contribution is 5.88. The van der Waals surface area contributed by atoms with Gasteiger partial charge in [-0.1, -0.05) is 113 Å². The van der Waals surface area contributed by atoms with Crippen LogP contribution in [0.5, 0.6) is 0 Å². The van der Waals surface area contributed by atoms with Crippen molar-refractivity contribution in [3.8, 4) is 0 Å². The predicted octanol–water partition coefficient (Wildman–Crippen LogP) is 5.50. The van der Waals surface area contributed by atoms with Gasteiger partial charge in [0, 0.05) is 32.5 Å². The molecule has 13 nitrogen and oxygen atoms in total. The van der Waals surface area contributed by atoms with Crippen molar-refractivity contribution in [2.24, 2.45) is 11.8 Å². The van der Waals surface area contributed by atoms with E-state index in [1.165, 1.54) is 9.80 Å². The largest absolute Gasteiger partial charge is 0.391 e. The molecule has 2 heterocycles. The number of benzene rings is 2. The van der Waals surface area contributed by atoms with Crippen molar-refractivity contribution in [3.05, 3.63) is 132 Å². The van der Waals surface area contributed by atoms with Gasteiger partial charge in [-0.3, -0.25) is 19.6 Å². The van der Waals surface area contributed by atoms with Gasteiger partial charge in [-0.25, -0.2) is 9.59 Å². The van der Waals surface area contributed by atoms with E-state index in [-0.39, 0.29) is 37.3 Å². The van der Waals surface area contributed by atoms with Crippen molar-refractivity contribution in [2.75, 3.05) is 14.1 Å². The molecule has 0 aliphatic rings. The van der Waals surface area contributed by atoms with Gasteiger partial charge in [0.05, 0.1) is 36.6 Å². The minimum Gasteiger partial charge on any atom is -0.391 e. The first-order valence-corrected chi connectivity index (χ1v) is 20.6. The van der Waals surface area contributed by atoms with Gasteiger partial charge in [0.25, 0.3) is 0 Å². The Balaban J connectivity index is 1.55. The zero-order valence-electron chi connectivity index (χ0n) is 35.3. The third kappa shape index (κ3) is 14.8. The number of amides is 6. The first-order chi connectivity index (χ1) is 28.4. The number of aromatic nitrogens is 2. The van der Waals surface area contributed by atoms with Gasteiger partial charge in [-0.05, 0) is 66.5 Å². The molecule has 0 spiro atoms. The molecule has 0 saturated carbocycles. The fourth-order valence-electron chi connectivity index (χ4n) is 6.77. The summed E-state index contributed by atoms with van der Waals surface area (Å²) in [5.74, 6) is -1.22. The zero-order chi connectivity index (χ0) is 42.7. The molecule has 7 atom stereocenters. The molecule has 4 aromatic rings. The topological polar surface area (TPSA) is 169 Å². The van der Waals surface area contributed by atoms with Gasteiger partial charge in [-0.15, -0.1) is 0 Å². The summed E-state index contributed by atoms with van der Waals surface area (Å²) in [6.45, 7) is 8.26. The lowest BCUT2D eigenvalue weighted by Gasteiger charge is -2.33. The molecule has 2 aromatic heterocycles. The molecule has 59 heavy (non-hydrogen) atoms. The van der Waals surface area contributed by atoms with Crippen LogP contribution in [0.25, 0.3) is 0 Å². The van der Waals surface area contributed by atoms with E-state index in [0.29, 0.717) is 31.4 Å². The molecule has 5 N–H and O–H groups in total. The highest BCUT2D eigenvalue weighted by Gasteiger charge is 2.34. The third-order valence-corrected chi connectivity index (χ3v) is 10.8. The SMILES string of the molecule is CC[C@H](C)[C@H](NC(=O)N(C)Cc1ccccn1)C(=O)N[C@@H](Cc1ccccc1)C[C@H](O)[C@H](Cc1ccccc1)NC(=O)[C@@H](NC(=O)N(C)Cc1ccccn1)[C@@H](C)CC. The van der Waals surface area contributed by atoms with Crippen molar-refractivity contribution < 1.29 is 24.3 Å². The van der Waals surface area contributed by atoms with Crippen LogP contribution in [0.1, 0.15) is 69.5 Å². The average Bonchev–Trinajstić information content (AvgIpc) is 3.24. The first-order valence-electron chi connectivity index (χ1n) is 20.6. The maximum atomic E-state index is 14.2. The molecule has 0 bridgehead atoms. The molecule has 13 heteroatoms. The quantitative estimate of drug-likeness (QED) is 0.0742. The number of nitrogens with one attached hydrogen (secondary N) is 4. The van der Waals surface area contributed by atoms with Gasteiger partial charge >= 0.3 is 12.1 Å². The summed E-state index contributed by atoms with van der Waals surface area (Å²) >= 11 is 0. The molecule has 2 aromatic carbocycles. The van der Waals surface area contributed by atoms with Crippen molar-refractivity contribution in [1.82, 2.24) is 41.0 Å². The number of hydrogen-bond donors (Lipinski definition) is 5. The molecule has 4 rings (SSSR count). The lowest BCUT2D eigenvalue weighted by molar-refractivity contribution is -0.127. The second kappa shape index (κ2) is 23.6.